The number of nitrogens with one attached hydrogen (secondary N) is 1. The molecule has 0 bridgehead atoms. The van der Waals surface area contributed by atoms with Crippen LogP contribution < -0.4 is 14.8 Å². The average molecular weight is 263 g/mol. The summed E-state index contributed by atoms with van der Waals surface area (Å²) in [5, 5.41) is 3.64. The van der Waals surface area contributed by atoms with E-state index in [1.807, 2.05) is 12.1 Å². The lowest BCUT2D eigenvalue weighted by atomic mass is 9.91. The van der Waals surface area contributed by atoms with Gasteiger partial charge in [-0.05, 0) is 36.3 Å². The van der Waals surface area contributed by atoms with Crippen LogP contribution in [0.2, 0.25) is 0 Å². The van der Waals surface area contributed by atoms with Gasteiger partial charge in [-0.2, -0.15) is 0 Å². The zero-order valence-electron chi connectivity index (χ0n) is 12.6. The number of benzene rings is 1. The molecule has 1 aromatic rings. The standard InChI is InChI=1S/C16H25NO2/c1-11-9-16(2,3)10-13(11)17-12-6-7-14(18-4)15(8-12)19-5/h6-8,11,13,17H,9-10H2,1-5H3. The van der Waals surface area contributed by atoms with E-state index < -0.39 is 0 Å². The fourth-order valence-electron chi connectivity index (χ4n) is 3.23. The average Bonchev–Trinajstić information content (AvgIpc) is 2.62. The van der Waals surface area contributed by atoms with Gasteiger partial charge in [-0.25, -0.2) is 0 Å². The predicted octanol–water partition coefficient (Wildman–Crippen LogP) is 3.94. The second-order valence-corrected chi connectivity index (χ2v) is 6.37. The molecule has 0 aliphatic heterocycles. The summed E-state index contributed by atoms with van der Waals surface area (Å²) in [6.07, 6.45) is 2.49. The maximum atomic E-state index is 5.34. The van der Waals surface area contributed by atoms with Crippen molar-refractivity contribution in [2.45, 2.75) is 39.7 Å². The third-order valence-electron chi connectivity index (χ3n) is 4.07. The minimum absolute atomic E-state index is 0.438. The van der Waals surface area contributed by atoms with Gasteiger partial charge in [0.1, 0.15) is 0 Å². The highest BCUT2D eigenvalue weighted by Gasteiger charge is 2.36. The van der Waals surface area contributed by atoms with Crippen molar-refractivity contribution < 1.29 is 9.47 Å². The molecule has 0 amide bonds. The zero-order chi connectivity index (χ0) is 14.0. The molecular weight excluding hydrogens is 238 g/mol. The summed E-state index contributed by atoms with van der Waals surface area (Å²) >= 11 is 0. The topological polar surface area (TPSA) is 30.5 Å². The summed E-state index contributed by atoms with van der Waals surface area (Å²) in [5.74, 6) is 2.24. The van der Waals surface area contributed by atoms with Gasteiger partial charge in [0.05, 0.1) is 14.2 Å². The van der Waals surface area contributed by atoms with Crippen molar-refractivity contribution in [1.82, 2.24) is 0 Å². The van der Waals surface area contributed by atoms with Crippen LogP contribution in [0.25, 0.3) is 0 Å². The van der Waals surface area contributed by atoms with Gasteiger partial charge in [0.2, 0.25) is 0 Å². The Morgan fingerprint density at radius 1 is 1.11 bits per heavy atom. The number of rotatable bonds is 4. The molecule has 1 aliphatic carbocycles. The second-order valence-electron chi connectivity index (χ2n) is 6.37. The Morgan fingerprint density at radius 3 is 2.32 bits per heavy atom. The van der Waals surface area contributed by atoms with Crippen LogP contribution in [0.3, 0.4) is 0 Å². The molecule has 0 radical (unpaired) electrons. The maximum absolute atomic E-state index is 5.34. The number of ether oxygens (including phenoxy) is 2. The predicted molar refractivity (Wildman–Crippen MR) is 79.1 cm³/mol. The lowest BCUT2D eigenvalue weighted by Crippen LogP contribution is -2.22. The van der Waals surface area contributed by atoms with E-state index in [1.165, 1.54) is 12.8 Å². The van der Waals surface area contributed by atoms with Gasteiger partial charge in [-0.15, -0.1) is 0 Å². The smallest absolute Gasteiger partial charge is 0.162 e. The Bertz CT molecular complexity index is 442. The van der Waals surface area contributed by atoms with Crippen molar-refractivity contribution in [3.05, 3.63) is 18.2 Å². The molecule has 1 saturated carbocycles. The Labute approximate surface area is 116 Å². The van der Waals surface area contributed by atoms with Gasteiger partial charge in [0.25, 0.3) is 0 Å². The van der Waals surface area contributed by atoms with Gasteiger partial charge in [-0.1, -0.05) is 20.8 Å². The summed E-state index contributed by atoms with van der Waals surface area (Å²) in [7, 11) is 3.33. The number of methoxy groups -OCH3 is 2. The molecule has 3 nitrogen and oxygen atoms in total. The van der Waals surface area contributed by atoms with E-state index in [0.29, 0.717) is 17.4 Å². The van der Waals surface area contributed by atoms with E-state index in [0.717, 1.165) is 17.2 Å². The molecule has 19 heavy (non-hydrogen) atoms. The molecule has 0 heterocycles. The number of hydrogen-bond acceptors (Lipinski definition) is 3. The monoisotopic (exact) mass is 263 g/mol. The zero-order valence-corrected chi connectivity index (χ0v) is 12.6. The van der Waals surface area contributed by atoms with E-state index in [-0.39, 0.29) is 0 Å². The summed E-state index contributed by atoms with van der Waals surface area (Å²) < 4.78 is 10.6. The molecule has 2 rings (SSSR count). The van der Waals surface area contributed by atoms with Crippen LogP contribution in [0.1, 0.15) is 33.6 Å². The molecule has 1 aliphatic rings. The van der Waals surface area contributed by atoms with Gasteiger partial charge in [0.15, 0.2) is 11.5 Å². The first kappa shape index (κ1) is 14.0. The minimum atomic E-state index is 0.438. The van der Waals surface area contributed by atoms with E-state index in [9.17, 15) is 0 Å². The van der Waals surface area contributed by atoms with Crippen molar-refractivity contribution in [3.63, 3.8) is 0 Å². The highest BCUT2D eigenvalue weighted by molar-refractivity contribution is 5.55. The first-order valence-electron chi connectivity index (χ1n) is 6.94. The molecule has 0 spiro atoms. The van der Waals surface area contributed by atoms with Crippen molar-refractivity contribution >= 4 is 5.69 Å². The molecule has 106 valence electrons. The van der Waals surface area contributed by atoms with E-state index in [2.05, 4.69) is 32.2 Å². The summed E-state index contributed by atoms with van der Waals surface area (Å²) in [6.45, 7) is 7.02. The Kier molecular flexibility index (Phi) is 3.93. The Hall–Kier alpha value is -1.38. The molecule has 3 heteroatoms. The first-order valence-corrected chi connectivity index (χ1v) is 6.94. The molecular formula is C16H25NO2. The van der Waals surface area contributed by atoms with Gasteiger partial charge in [-0.3, -0.25) is 0 Å². The molecule has 0 saturated heterocycles. The lowest BCUT2D eigenvalue weighted by molar-refractivity contribution is 0.355. The highest BCUT2D eigenvalue weighted by atomic mass is 16.5. The lowest BCUT2D eigenvalue weighted by Gasteiger charge is -2.20. The molecule has 2 unspecified atom stereocenters. The van der Waals surface area contributed by atoms with E-state index in [4.69, 9.17) is 9.47 Å². The largest absolute Gasteiger partial charge is 0.493 e. The Balaban J connectivity index is 2.11. The number of anilines is 1. The van der Waals surface area contributed by atoms with Crippen LogP contribution in [0.15, 0.2) is 18.2 Å². The fourth-order valence-corrected chi connectivity index (χ4v) is 3.23. The van der Waals surface area contributed by atoms with Crippen LogP contribution in [-0.2, 0) is 0 Å². The summed E-state index contributed by atoms with van der Waals surface area (Å²) in [6, 6.07) is 6.55. The molecule has 1 aromatic carbocycles. The van der Waals surface area contributed by atoms with Crippen molar-refractivity contribution in [1.29, 1.82) is 0 Å². The fraction of sp³-hybridized carbons (Fsp3) is 0.625. The normalized spacial score (nSPS) is 25.1. The summed E-state index contributed by atoms with van der Waals surface area (Å²) in [4.78, 5) is 0. The van der Waals surface area contributed by atoms with Crippen LogP contribution >= 0.6 is 0 Å². The van der Waals surface area contributed by atoms with Crippen LogP contribution in [0, 0.1) is 11.3 Å². The quantitative estimate of drug-likeness (QED) is 0.892. The molecule has 0 aromatic heterocycles. The van der Waals surface area contributed by atoms with Crippen LogP contribution in [0.4, 0.5) is 5.69 Å². The molecule has 2 atom stereocenters. The third-order valence-corrected chi connectivity index (χ3v) is 4.07. The minimum Gasteiger partial charge on any atom is -0.493 e. The van der Waals surface area contributed by atoms with Gasteiger partial charge >= 0.3 is 0 Å². The highest BCUT2D eigenvalue weighted by Crippen LogP contribution is 2.42. The van der Waals surface area contributed by atoms with Gasteiger partial charge < -0.3 is 14.8 Å². The van der Waals surface area contributed by atoms with E-state index >= 15 is 0 Å². The third kappa shape index (κ3) is 3.14. The van der Waals surface area contributed by atoms with Crippen LogP contribution in [-0.4, -0.2) is 20.3 Å². The van der Waals surface area contributed by atoms with Crippen molar-refractivity contribution in [2.24, 2.45) is 11.3 Å². The van der Waals surface area contributed by atoms with E-state index in [1.54, 1.807) is 14.2 Å². The molecule has 1 fully saturated rings. The maximum Gasteiger partial charge on any atom is 0.162 e. The SMILES string of the molecule is COc1ccc(NC2CC(C)(C)CC2C)cc1OC. The second kappa shape index (κ2) is 5.32. The van der Waals surface area contributed by atoms with Crippen molar-refractivity contribution in [2.75, 3.05) is 19.5 Å². The Morgan fingerprint density at radius 2 is 1.79 bits per heavy atom. The number of hydrogen-bond donors (Lipinski definition) is 1. The van der Waals surface area contributed by atoms with Crippen LogP contribution in [0.5, 0.6) is 11.5 Å². The van der Waals surface area contributed by atoms with Crippen molar-refractivity contribution in [3.8, 4) is 11.5 Å². The summed E-state index contributed by atoms with van der Waals surface area (Å²) in [5.41, 5.74) is 1.54. The van der Waals surface area contributed by atoms with Gasteiger partial charge in [0, 0.05) is 17.8 Å². The first-order chi connectivity index (χ1) is 8.95. The molecule has 1 N–H and O–H groups in total.